The summed E-state index contributed by atoms with van der Waals surface area (Å²) in [6.45, 7) is 0. The van der Waals surface area contributed by atoms with E-state index in [4.69, 9.17) is 14.6 Å². The van der Waals surface area contributed by atoms with E-state index in [0.717, 1.165) is 0 Å². The van der Waals surface area contributed by atoms with Gasteiger partial charge in [0.15, 0.2) is 0 Å². The largest absolute Gasteiger partial charge is 0.478 e. The summed E-state index contributed by atoms with van der Waals surface area (Å²) in [5.74, 6) is -0.999. The van der Waals surface area contributed by atoms with Crippen molar-refractivity contribution < 1.29 is 24.5 Å². The van der Waals surface area contributed by atoms with Gasteiger partial charge < -0.3 is 19.7 Å². The maximum atomic E-state index is 10.7. The number of carbonyl (C=O) groups is 1. The van der Waals surface area contributed by atoms with Gasteiger partial charge >= 0.3 is 5.97 Å². The zero-order chi connectivity index (χ0) is 10.7. The van der Waals surface area contributed by atoms with Gasteiger partial charge in [-0.2, -0.15) is 0 Å². The average Bonchev–Trinajstić information content (AvgIpc) is 2.17. The van der Waals surface area contributed by atoms with Gasteiger partial charge in [-0.1, -0.05) is 0 Å². The molecule has 14 heavy (non-hydrogen) atoms. The molecule has 0 radical (unpaired) electrons. The molecule has 2 N–H and O–H groups in total. The lowest BCUT2D eigenvalue weighted by molar-refractivity contribution is -0.134. The van der Waals surface area contributed by atoms with E-state index in [2.05, 4.69) is 0 Å². The topological polar surface area (TPSA) is 76.0 Å². The smallest absolute Gasteiger partial charge is 0.331 e. The summed E-state index contributed by atoms with van der Waals surface area (Å²) in [4.78, 5) is 10.7. The second-order valence-electron chi connectivity index (χ2n) is 3.17. The van der Waals surface area contributed by atoms with Crippen molar-refractivity contribution >= 4 is 5.97 Å². The van der Waals surface area contributed by atoms with Crippen molar-refractivity contribution in [3.8, 4) is 0 Å². The molecule has 0 aromatic rings. The third-order valence-corrected chi connectivity index (χ3v) is 2.35. The van der Waals surface area contributed by atoms with Crippen LogP contribution in [0.15, 0.2) is 11.6 Å². The van der Waals surface area contributed by atoms with E-state index in [1.54, 1.807) is 0 Å². The SMILES string of the molecule is COC1C=C(C(=O)O)CC(OC)C1O. The van der Waals surface area contributed by atoms with Crippen molar-refractivity contribution in [2.24, 2.45) is 0 Å². The number of carboxylic acids is 1. The monoisotopic (exact) mass is 202 g/mol. The van der Waals surface area contributed by atoms with Crippen molar-refractivity contribution in [1.82, 2.24) is 0 Å². The molecular formula is C9H14O5. The summed E-state index contributed by atoms with van der Waals surface area (Å²) in [7, 11) is 2.85. The molecule has 1 aliphatic carbocycles. The summed E-state index contributed by atoms with van der Waals surface area (Å²) >= 11 is 0. The summed E-state index contributed by atoms with van der Waals surface area (Å²) < 4.78 is 9.93. The minimum atomic E-state index is -0.999. The second-order valence-corrected chi connectivity index (χ2v) is 3.17. The van der Waals surface area contributed by atoms with Crippen LogP contribution < -0.4 is 0 Å². The van der Waals surface area contributed by atoms with E-state index in [1.165, 1.54) is 20.3 Å². The molecule has 5 heteroatoms. The molecule has 0 heterocycles. The first-order valence-electron chi connectivity index (χ1n) is 4.27. The van der Waals surface area contributed by atoms with E-state index in [9.17, 15) is 9.90 Å². The quantitative estimate of drug-likeness (QED) is 0.662. The van der Waals surface area contributed by atoms with E-state index < -0.39 is 24.3 Å². The van der Waals surface area contributed by atoms with E-state index in [0.29, 0.717) is 0 Å². The molecule has 0 aromatic carbocycles. The van der Waals surface area contributed by atoms with Gasteiger partial charge in [0.1, 0.15) is 12.2 Å². The highest BCUT2D eigenvalue weighted by atomic mass is 16.5. The Hall–Kier alpha value is -0.910. The summed E-state index contributed by atoms with van der Waals surface area (Å²) in [5, 5.41) is 18.4. The molecule has 0 spiro atoms. The fraction of sp³-hybridized carbons (Fsp3) is 0.667. The van der Waals surface area contributed by atoms with Gasteiger partial charge in [0.25, 0.3) is 0 Å². The highest BCUT2D eigenvalue weighted by Crippen LogP contribution is 2.23. The lowest BCUT2D eigenvalue weighted by Gasteiger charge is -2.30. The Morgan fingerprint density at radius 2 is 2.14 bits per heavy atom. The maximum absolute atomic E-state index is 10.7. The molecule has 0 fully saturated rings. The number of methoxy groups -OCH3 is 2. The average molecular weight is 202 g/mol. The van der Waals surface area contributed by atoms with Crippen LogP contribution in [0.4, 0.5) is 0 Å². The first-order valence-corrected chi connectivity index (χ1v) is 4.27. The van der Waals surface area contributed by atoms with Crippen LogP contribution in [0.25, 0.3) is 0 Å². The molecule has 0 saturated heterocycles. The zero-order valence-electron chi connectivity index (χ0n) is 8.14. The van der Waals surface area contributed by atoms with Gasteiger partial charge in [-0.25, -0.2) is 4.79 Å². The molecule has 80 valence electrons. The third kappa shape index (κ3) is 2.12. The summed E-state index contributed by atoms with van der Waals surface area (Å²) in [6.07, 6.45) is -0.320. The predicted molar refractivity (Wildman–Crippen MR) is 47.9 cm³/mol. The van der Waals surface area contributed by atoms with Crippen LogP contribution in [0.1, 0.15) is 6.42 Å². The number of aliphatic carboxylic acids is 1. The Morgan fingerprint density at radius 3 is 2.57 bits per heavy atom. The Labute approximate surface area is 81.9 Å². The van der Waals surface area contributed by atoms with Crippen LogP contribution in [0.5, 0.6) is 0 Å². The minimum Gasteiger partial charge on any atom is -0.478 e. The van der Waals surface area contributed by atoms with E-state index >= 15 is 0 Å². The van der Waals surface area contributed by atoms with E-state index in [1.807, 2.05) is 0 Å². The maximum Gasteiger partial charge on any atom is 0.331 e. The molecule has 0 aliphatic heterocycles. The fourth-order valence-corrected chi connectivity index (χ4v) is 1.50. The van der Waals surface area contributed by atoms with Gasteiger partial charge in [0.2, 0.25) is 0 Å². The Balaban J connectivity index is 2.86. The number of hydrogen-bond acceptors (Lipinski definition) is 4. The second kappa shape index (κ2) is 4.54. The predicted octanol–water partition coefficient (Wildman–Crippen LogP) is -0.208. The molecule has 1 rings (SSSR count). The number of aliphatic hydroxyl groups excluding tert-OH is 1. The Morgan fingerprint density at radius 1 is 1.50 bits per heavy atom. The lowest BCUT2D eigenvalue weighted by atomic mass is 9.92. The van der Waals surface area contributed by atoms with Crippen molar-refractivity contribution in [3.05, 3.63) is 11.6 Å². The molecule has 3 atom stereocenters. The normalized spacial score (nSPS) is 32.5. The van der Waals surface area contributed by atoms with Gasteiger partial charge in [-0.3, -0.25) is 0 Å². The van der Waals surface area contributed by atoms with Gasteiger partial charge in [-0.15, -0.1) is 0 Å². The molecular weight excluding hydrogens is 188 g/mol. The number of rotatable bonds is 3. The van der Waals surface area contributed by atoms with Crippen molar-refractivity contribution in [2.45, 2.75) is 24.7 Å². The van der Waals surface area contributed by atoms with Gasteiger partial charge in [0.05, 0.1) is 6.10 Å². The fourth-order valence-electron chi connectivity index (χ4n) is 1.50. The van der Waals surface area contributed by atoms with Gasteiger partial charge in [-0.05, 0) is 6.08 Å². The summed E-state index contributed by atoms with van der Waals surface area (Å²) in [5.41, 5.74) is 0.217. The first kappa shape index (κ1) is 11.2. The highest BCUT2D eigenvalue weighted by molar-refractivity contribution is 5.87. The van der Waals surface area contributed by atoms with Crippen LogP contribution in [0.2, 0.25) is 0 Å². The highest BCUT2D eigenvalue weighted by Gasteiger charge is 2.33. The van der Waals surface area contributed by atoms with Crippen LogP contribution in [-0.4, -0.2) is 48.7 Å². The molecule has 0 aromatic heterocycles. The molecule has 1 aliphatic rings. The van der Waals surface area contributed by atoms with E-state index in [-0.39, 0.29) is 12.0 Å². The standard InChI is InChI=1S/C9H14O5/c1-13-6-3-5(9(11)12)4-7(14-2)8(6)10/h3,6-8,10H,4H2,1-2H3,(H,11,12). The summed E-state index contributed by atoms with van der Waals surface area (Å²) in [6, 6.07) is 0. The Kier molecular flexibility index (Phi) is 3.62. The molecule has 0 bridgehead atoms. The molecule has 5 nitrogen and oxygen atoms in total. The molecule has 0 saturated carbocycles. The number of carboxylic acid groups (broad SMARTS) is 1. The van der Waals surface area contributed by atoms with Crippen molar-refractivity contribution in [2.75, 3.05) is 14.2 Å². The number of aliphatic hydroxyl groups is 1. The first-order chi connectivity index (χ1) is 6.60. The zero-order valence-corrected chi connectivity index (χ0v) is 8.14. The van der Waals surface area contributed by atoms with Crippen LogP contribution in [0, 0.1) is 0 Å². The van der Waals surface area contributed by atoms with Crippen LogP contribution >= 0.6 is 0 Å². The number of hydrogen-bond donors (Lipinski definition) is 2. The third-order valence-electron chi connectivity index (χ3n) is 2.35. The minimum absolute atomic E-state index is 0.201. The lowest BCUT2D eigenvalue weighted by Crippen LogP contribution is -2.42. The van der Waals surface area contributed by atoms with Crippen molar-refractivity contribution in [3.63, 3.8) is 0 Å². The molecule has 0 amide bonds. The van der Waals surface area contributed by atoms with Crippen LogP contribution in [-0.2, 0) is 14.3 Å². The molecule has 3 unspecified atom stereocenters. The Bertz CT molecular complexity index is 248. The van der Waals surface area contributed by atoms with Crippen LogP contribution in [0.3, 0.4) is 0 Å². The number of ether oxygens (including phenoxy) is 2. The van der Waals surface area contributed by atoms with Gasteiger partial charge in [0, 0.05) is 26.2 Å². The van der Waals surface area contributed by atoms with Crippen molar-refractivity contribution in [1.29, 1.82) is 0 Å².